The van der Waals surface area contributed by atoms with Crippen molar-refractivity contribution in [1.29, 1.82) is 0 Å². The highest BCUT2D eigenvalue weighted by atomic mass is 14.9. The molecule has 11 heavy (non-hydrogen) atoms. The van der Waals surface area contributed by atoms with Gasteiger partial charge in [0, 0.05) is 12.2 Å². The summed E-state index contributed by atoms with van der Waals surface area (Å²) >= 11 is 0. The Morgan fingerprint density at radius 1 is 1.55 bits per heavy atom. The summed E-state index contributed by atoms with van der Waals surface area (Å²) in [5, 5.41) is 3.12. The van der Waals surface area contributed by atoms with E-state index < -0.39 is 0 Å². The highest BCUT2D eigenvalue weighted by Gasteiger charge is 2.00. The van der Waals surface area contributed by atoms with E-state index >= 15 is 0 Å². The monoisotopic (exact) mass is 151 g/mol. The lowest BCUT2D eigenvalue weighted by atomic mass is 10.1. The summed E-state index contributed by atoms with van der Waals surface area (Å²) in [6.07, 6.45) is 1.79. The van der Waals surface area contributed by atoms with Crippen molar-refractivity contribution < 1.29 is 0 Å². The molecule has 3 nitrogen and oxygen atoms in total. The first-order valence-corrected chi connectivity index (χ1v) is 3.62. The molecule has 1 unspecified atom stereocenters. The standard InChI is InChI=1S/C8H13N3/c1-6(10-2)7-3-4-8(9)11-5-7/h3-6,10H,1-2H3,(H2,9,11). The van der Waals surface area contributed by atoms with E-state index in [1.54, 1.807) is 6.20 Å². The Morgan fingerprint density at radius 3 is 2.73 bits per heavy atom. The molecule has 0 aliphatic heterocycles. The van der Waals surface area contributed by atoms with Crippen LogP contribution in [-0.2, 0) is 0 Å². The Bertz CT molecular complexity index is 217. The van der Waals surface area contributed by atoms with E-state index in [9.17, 15) is 0 Å². The van der Waals surface area contributed by atoms with Crippen LogP contribution in [0, 0.1) is 0 Å². The van der Waals surface area contributed by atoms with Gasteiger partial charge in [0.1, 0.15) is 5.82 Å². The fraction of sp³-hybridized carbons (Fsp3) is 0.375. The van der Waals surface area contributed by atoms with Crippen molar-refractivity contribution in [3.8, 4) is 0 Å². The van der Waals surface area contributed by atoms with Gasteiger partial charge in [0.25, 0.3) is 0 Å². The minimum Gasteiger partial charge on any atom is -0.384 e. The van der Waals surface area contributed by atoms with E-state index in [0.717, 1.165) is 5.56 Å². The molecule has 0 aromatic carbocycles. The average Bonchev–Trinajstić information content (AvgIpc) is 2.05. The highest BCUT2D eigenvalue weighted by Crippen LogP contribution is 2.10. The number of pyridine rings is 1. The number of hydrogen-bond donors (Lipinski definition) is 2. The predicted molar refractivity (Wildman–Crippen MR) is 46.1 cm³/mol. The maximum absolute atomic E-state index is 5.44. The van der Waals surface area contributed by atoms with Gasteiger partial charge in [-0.2, -0.15) is 0 Å². The van der Waals surface area contributed by atoms with Crippen LogP contribution in [0.5, 0.6) is 0 Å². The van der Waals surface area contributed by atoms with Gasteiger partial charge < -0.3 is 11.1 Å². The molecule has 0 aliphatic carbocycles. The van der Waals surface area contributed by atoms with Gasteiger partial charge in [-0.25, -0.2) is 4.98 Å². The fourth-order valence-corrected chi connectivity index (χ4v) is 0.840. The van der Waals surface area contributed by atoms with Crippen LogP contribution >= 0.6 is 0 Å². The highest BCUT2D eigenvalue weighted by molar-refractivity contribution is 5.30. The van der Waals surface area contributed by atoms with Crippen LogP contribution in [0.2, 0.25) is 0 Å². The zero-order valence-electron chi connectivity index (χ0n) is 6.83. The number of anilines is 1. The molecule has 1 rings (SSSR count). The van der Waals surface area contributed by atoms with Crippen molar-refractivity contribution >= 4 is 5.82 Å². The summed E-state index contributed by atoms with van der Waals surface area (Å²) in [7, 11) is 1.92. The molecule has 1 aromatic rings. The van der Waals surface area contributed by atoms with Crippen molar-refractivity contribution in [2.24, 2.45) is 0 Å². The number of nitrogen functional groups attached to an aromatic ring is 1. The number of hydrogen-bond acceptors (Lipinski definition) is 3. The van der Waals surface area contributed by atoms with E-state index in [-0.39, 0.29) is 0 Å². The van der Waals surface area contributed by atoms with Gasteiger partial charge in [-0.15, -0.1) is 0 Å². The van der Waals surface area contributed by atoms with Crippen molar-refractivity contribution in [3.05, 3.63) is 23.9 Å². The number of rotatable bonds is 2. The van der Waals surface area contributed by atoms with Gasteiger partial charge in [0.15, 0.2) is 0 Å². The molecule has 60 valence electrons. The lowest BCUT2D eigenvalue weighted by molar-refractivity contribution is 0.650. The molecule has 1 aromatic heterocycles. The molecule has 0 saturated heterocycles. The van der Waals surface area contributed by atoms with Crippen LogP contribution in [0.1, 0.15) is 18.5 Å². The Hall–Kier alpha value is -1.09. The lowest BCUT2D eigenvalue weighted by Crippen LogP contribution is -2.12. The smallest absolute Gasteiger partial charge is 0.123 e. The van der Waals surface area contributed by atoms with Crippen LogP contribution in [0.25, 0.3) is 0 Å². The van der Waals surface area contributed by atoms with Crippen LogP contribution in [0.15, 0.2) is 18.3 Å². The zero-order valence-corrected chi connectivity index (χ0v) is 6.83. The van der Waals surface area contributed by atoms with Crippen LogP contribution < -0.4 is 11.1 Å². The van der Waals surface area contributed by atoms with Gasteiger partial charge in [-0.1, -0.05) is 6.07 Å². The van der Waals surface area contributed by atoms with Crippen LogP contribution in [0.3, 0.4) is 0 Å². The van der Waals surface area contributed by atoms with Gasteiger partial charge in [-0.05, 0) is 25.6 Å². The number of nitrogens with zero attached hydrogens (tertiary/aromatic N) is 1. The first-order valence-electron chi connectivity index (χ1n) is 3.62. The van der Waals surface area contributed by atoms with Gasteiger partial charge in [0.2, 0.25) is 0 Å². The van der Waals surface area contributed by atoms with E-state index in [1.807, 2.05) is 19.2 Å². The summed E-state index contributed by atoms with van der Waals surface area (Å²) in [4.78, 5) is 3.99. The molecule has 3 heteroatoms. The second kappa shape index (κ2) is 3.34. The molecule has 1 heterocycles. The third-order valence-corrected chi connectivity index (χ3v) is 1.74. The van der Waals surface area contributed by atoms with Gasteiger partial charge in [0.05, 0.1) is 0 Å². The predicted octanol–water partition coefficient (Wildman–Crippen LogP) is 0.944. The summed E-state index contributed by atoms with van der Waals surface area (Å²) in [5.41, 5.74) is 6.59. The third kappa shape index (κ3) is 1.91. The van der Waals surface area contributed by atoms with Gasteiger partial charge in [-0.3, -0.25) is 0 Å². The molecule has 0 amide bonds. The maximum atomic E-state index is 5.44. The second-order valence-electron chi connectivity index (χ2n) is 2.53. The largest absolute Gasteiger partial charge is 0.384 e. The van der Waals surface area contributed by atoms with E-state index in [4.69, 9.17) is 5.73 Å². The van der Waals surface area contributed by atoms with Crippen molar-refractivity contribution in [3.63, 3.8) is 0 Å². The molecule has 0 bridgehead atoms. The topological polar surface area (TPSA) is 50.9 Å². The molecule has 0 aliphatic rings. The van der Waals surface area contributed by atoms with Crippen LogP contribution in [-0.4, -0.2) is 12.0 Å². The van der Waals surface area contributed by atoms with E-state index in [0.29, 0.717) is 11.9 Å². The zero-order chi connectivity index (χ0) is 8.27. The molecule has 1 atom stereocenters. The minimum atomic E-state index is 0.336. The molecule has 0 radical (unpaired) electrons. The first kappa shape index (κ1) is 8.01. The number of aromatic nitrogens is 1. The summed E-state index contributed by atoms with van der Waals surface area (Å²) in [6.45, 7) is 2.08. The SMILES string of the molecule is CNC(C)c1ccc(N)nc1. The Morgan fingerprint density at radius 2 is 2.27 bits per heavy atom. The molecule has 3 N–H and O–H groups in total. The molecular formula is C8H13N3. The fourth-order valence-electron chi connectivity index (χ4n) is 0.840. The van der Waals surface area contributed by atoms with E-state index in [1.165, 1.54) is 0 Å². The number of nitrogens with one attached hydrogen (secondary N) is 1. The molecule has 0 spiro atoms. The second-order valence-corrected chi connectivity index (χ2v) is 2.53. The quantitative estimate of drug-likeness (QED) is 0.661. The Labute approximate surface area is 66.6 Å². The third-order valence-electron chi connectivity index (χ3n) is 1.74. The molecular weight excluding hydrogens is 138 g/mol. The first-order chi connectivity index (χ1) is 5.24. The Kier molecular flexibility index (Phi) is 2.44. The Balaban J connectivity index is 2.81. The van der Waals surface area contributed by atoms with Crippen molar-refractivity contribution in [2.45, 2.75) is 13.0 Å². The minimum absolute atomic E-state index is 0.336. The maximum Gasteiger partial charge on any atom is 0.123 e. The van der Waals surface area contributed by atoms with E-state index in [2.05, 4.69) is 17.2 Å². The normalized spacial score (nSPS) is 12.9. The van der Waals surface area contributed by atoms with Crippen molar-refractivity contribution in [2.75, 3.05) is 12.8 Å². The van der Waals surface area contributed by atoms with Crippen molar-refractivity contribution in [1.82, 2.24) is 10.3 Å². The van der Waals surface area contributed by atoms with Crippen LogP contribution in [0.4, 0.5) is 5.82 Å². The molecule has 0 fully saturated rings. The summed E-state index contributed by atoms with van der Waals surface area (Å²) < 4.78 is 0. The number of nitrogens with two attached hydrogens (primary N) is 1. The summed E-state index contributed by atoms with van der Waals surface area (Å²) in [5.74, 6) is 0.567. The summed E-state index contributed by atoms with van der Waals surface area (Å²) in [6, 6.07) is 4.12. The lowest BCUT2D eigenvalue weighted by Gasteiger charge is -2.08. The molecule has 0 saturated carbocycles. The van der Waals surface area contributed by atoms with Gasteiger partial charge >= 0.3 is 0 Å². The average molecular weight is 151 g/mol.